The summed E-state index contributed by atoms with van der Waals surface area (Å²) in [6.07, 6.45) is 0. The second-order valence-electron chi connectivity index (χ2n) is 5.09. The number of likely N-dealkylation sites (N-methyl/N-ethyl adjacent to an activating group) is 1. The highest BCUT2D eigenvalue weighted by atomic mass is 16.2. The topological polar surface area (TPSA) is 61.4 Å². The predicted octanol–water partition coefficient (Wildman–Crippen LogP) is 2.35. The zero-order valence-electron chi connectivity index (χ0n) is 12.6. The third kappa shape index (κ3) is 5.40. The molecular formula is C15H23N3O2. The fraction of sp³-hybridized carbons (Fsp3) is 0.467. The van der Waals surface area contributed by atoms with Crippen molar-refractivity contribution in [2.45, 2.75) is 26.8 Å². The summed E-state index contributed by atoms with van der Waals surface area (Å²) < 4.78 is 0. The molecular weight excluding hydrogens is 254 g/mol. The summed E-state index contributed by atoms with van der Waals surface area (Å²) in [7, 11) is 2.02. The summed E-state index contributed by atoms with van der Waals surface area (Å²) in [5.41, 5.74) is 1.30. The molecule has 0 heterocycles. The highest BCUT2D eigenvalue weighted by Gasteiger charge is 2.05. The predicted molar refractivity (Wildman–Crippen MR) is 81.2 cm³/mol. The molecule has 0 saturated carbocycles. The number of ketones is 1. The van der Waals surface area contributed by atoms with Gasteiger partial charge >= 0.3 is 6.03 Å². The van der Waals surface area contributed by atoms with E-state index >= 15 is 0 Å². The molecule has 0 saturated heterocycles. The zero-order chi connectivity index (χ0) is 15.1. The number of nitrogens with zero attached hydrogens (tertiary/aromatic N) is 1. The van der Waals surface area contributed by atoms with E-state index in [1.54, 1.807) is 24.3 Å². The van der Waals surface area contributed by atoms with Crippen molar-refractivity contribution in [1.29, 1.82) is 0 Å². The van der Waals surface area contributed by atoms with Crippen molar-refractivity contribution in [1.82, 2.24) is 10.2 Å². The van der Waals surface area contributed by atoms with Crippen LogP contribution >= 0.6 is 0 Å². The van der Waals surface area contributed by atoms with Gasteiger partial charge in [0.25, 0.3) is 0 Å². The Labute approximate surface area is 120 Å². The molecule has 0 aliphatic heterocycles. The lowest BCUT2D eigenvalue weighted by Gasteiger charge is -2.20. The molecule has 0 bridgehead atoms. The lowest BCUT2D eigenvalue weighted by atomic mass is 10.1. The Morgan fingerprint density at radius 1 is 1.20 bits per heavy atom. The molecule has 2 amide bonds. The molecule has 2 N–H and O–H groups in total. The average Bonchev–Trinajstić information content (AvgIpc) is 2.39. The fourth-order valence-corrected chi connectivity index (χ4v) is 1.57. The maximum absolute atomic E-state index is 11.7. The number of nitrogens with one attached hydrogen (secondary N) is 2. The van der Waals surface area contributed by atoms with E-state index in [1.165, 1.54) is 6.92 Å². The summed E-state index contributed by atoms with van der Waals surface area (Å²) in [4.78, 5) is 25.0. The molecule has 0 aliphatic carbocycles. The lowest BCUT2D eigenvalue weighted by molar-refractivity contribution is 0.101. The standard InChI is InChI=1S/C15H23N3O2/c1-11(2)18(4)10-9-16-15(20)17-14-7-5-13(6-8-14)12(3)19/h5-8,11H,9-10H2,1-4H3,(H2,16,17,20). The average molecular weight is 277 g/mol. The molecule has 1 aromatic rings. The van der Waals surface area contributed by atoms with Gasteiger partial charge in [0.2, 0.25) is 0 Å². The number of carbonyl (C=O) groups is 2. The van der Waals surface area contributed by atoms with Crippen LogP contribution in [-0.2, 0) is 0 Å². The SMILES string of the molecule is CC(=O)c1ccc(NC(=O)NCCN(C)C(C)C)cc1. The van der Waals surface area contributed by atoms with Gasteiger partial charge in [0.05, 0.1) is 0 Å². The van der Waals surface area contributed by atoms with Crippen LogP contribution in [0, 0.1) is 0 Å². The van der Waals surface area contributed by atoms with Crippen LogP contribution in [0.25, 0.3) is 0 Å². The van der Waals surface area contributed by atoms with E-state index in [9.17, 15) is 9.59 Å². The minimum absolute atomic E-state index is 0.0118. The number of amides is 2. The zero-order valence-corrected chi connectivity index (χ0v) is 12.6. The van der Waals surface area contributed by atoms with Crippen molar-refractivity contribution in [3.63, 3.8) is 0 Å². The molecule has 5 heteroatoms. The van der Waals surface area contributed by atoms with E-state index in [0.29, 0.717) is 23.8 Å². The normalized spacial score (nSPS) is 10.7. The van der Waals surface area contributed by atoms with Gasteiger partial charge in [0.1, 0.15) is 0 Å². The van der Waals surface area contributed by atoms with Crippen LogP contribution in [0.3, 0.4) is 0 Å². The van der Waals surface area contributed by atoms with Crippen LogP contribution in [0.1, 0.15) is 31.1 Å². The Bertz CT molecular complexity index is 455. The first-order chi connectivity index (χ1) is 9.40. The summed E-state index contributed by atoms with van der Waals surface area (Å²) in [6, 6.07) is 7.05. The van der Waals surface area contributed by atoms with Crippen molar-refractivity contribution in [2.24, 2.45) is 0 Å². The van der Waals surface area contributed by atoms with Gasteiger partial charge in [-0.2, -0.15) is 0 Å². The van der Waals surface area contributed by atoms with Crippen LogP contribution in [-0.4, -0.2) is 42.9 Å². The van der Waals surface area contributed by atoms with Gasteiger partial charge in [-0.1, -0.05) is 0 Å². The first-order valence-electron chi connectivity index (χ1n) is 6.76. The van der Waals surface area contributed by atoms with Gasteiger partial charge in [-0.05, 0) is 52.1 Å². The van der Waals surface area contributed by atoms with Gasteiger partial charge < -0.3 is 15.5 Å². The number of hydrogen-bond donors (Lipinski definition) is 2. The first-order valence-corrected chi connectivity index (χ1v) is 6.76. The van der Waals surface area contributed by atoms with Gasteiger partial charge in [-0.3, -0.25) is 4.79 Å². The Morgan fingerprint density at radius 3 is 2.30 bits per heavy atom. The minimum Gasteiger partial charge on any atom is -0.337 e. The molecule has 1 rings (SSSR count). The van der Waals surface area contributed by atoms with E-state index in [1.807, 2.05) is 7.05 Å². The van der Waals surface area contributed by atoms with Crippen LogP contribution in [0.5, 0.6) is 0 Å². The molecule has 0 aromatic heterocycles. The number of hydrogen-bond acceptors (Lipinski definition) is 3. The third-order valence-electron chi connectivity index (χ3n) is 3.18. The van der Waals surface area contributed by atoms with Crippen molar-refractivity contribution >= 4 is 17.5 Å². The molecule has 20 heavy (non-hydrogen) atoms. The van der Waals surface area contributed by atoms with Crippen molar-refractivity contribution in [3.8, 4) is 0 Å². The number of urea groups is 1. The maximum atomic E-state index is 11.7. The number of rotatable bonds is 6. The molecule has 5 nitrogen and oxygen atoms in total. The lowest BCUT2D eigenvalue weighted by Crippen LogP contribution is -2.37. The van der Waals surface area contributed by atoms with E-state index in [0.717, 1.165) is 6.54 Å². The Kier molecular flexibility index (Phi) is 6.18. The van der Waals surface area contributed by atoms with E-state index < -0.39 is 0 Å². The third-order valence-corrected chi connectivity index (χ3v) is 3.18. The molecule has 0 atom stereocenters. The molecule has 0 fully saturated rings. The van der Waals surface area contributed by atoms with Crippen molar-refractivity contribution < 1.29 is 9.59 Å². The number of Topliss-reactive ketones (excluding diaryl/α,β-unsaturated/α-hetero) is 1. The van der Waals surface area contributed by atoms with Gasteiger partial charge in [-0.15, -0.1) is 0 Å². The molecule has 0 aliphatic rings. The van der Waals surface area contributed by atoms with Crippen LogP contribution in [0.2, 0.25) is 0 Å². The van der Waals surface area contributed by atoms with Crippen LogP contribution < -0.4 is 10.6 Å². The minimum atomic E-state index is -0.238. The smallest absolute Gasteiger partial charge is 0.319 e. The molecule has 0 spiro atoms. The highest BCUT2D eigenvalue weighted by molar-refractivity contribution is 5.95. The maximum Gasteiger partial charge on any atom is 0.319 e. The molecule has 0 unspecified atom stereocenters. The van der Waals surface area contributed by atoms with E-state index in [-0.39, 0.29) is 11.8 Å². The Morgan fingerprint density at radius 2 is 1.80 bits per heavy atom. The summed E-state index contributed by atoms with van der Waals surface area (Å²) in [5, 5.41) is 5.53. The fourth-order valence-electron chi connectivity index (χ4n) is 1.57. The van der Waals surface area contributed by atoms with Crippen LogP contribution in [0.15, 0.2) is 24.3 Å². The van der Waals surface area contributed by atoms with Crippen molar-refractivity contribution in [3.05, 3.63) is 29.8 Å². The van der Waals surface area contributed by atoms with Crippen molar-refractivity contribution in [2.75, 3.05) is 25.5 Å². The van der Waals surface area contributed by atoms with Gasteiger partial charge in [0.15, 0.2) is 5.78 Å². The van der Waals surface area contributed by atoms with E-state index in [4.69, 9.17) is 0 Å². The number of benzene rings is 1. The van der Waals surface area contributed by atoms with Gasteiger partial charge in [-0.25, -0.2) is 4.79 Å². The number of carbonyl (C=O) groups excluding carboxylic acids is 2. The monoisotopic (exact) mass is 277 g/mol. The second-order valence-corrected chi connectivity index (χ2v) is 5.09. The summed E-state index contributed by atoms with van der Waals surface area (Å²) >= 11 is 0. The first kappa shape index (κ1) is 16.2. The Hall–Kier alpha value is -1.88. The summed E-state index contributed by atoms with van der Waals surface area (Å²) in [6.45, 7) is 7.12. The second kappa shape index (κ2) is 7.65. The molecule has 110 valence electrons. The highest BCUT2D eigenvalue weighted by Crippen LogP contribution is 2.09. The van der Waals surface area contributed by atoms with Gasteiger partial charge in [0, 0.05) is 30.4 Å². The molecule has 1 aromatic carbocycles. The quantitative estimate of drug-likeness (QED) is 0.785. The number of anilines is 1. The van der Waals surface area contributed by atoms with Crippen LogP contribution in [0.4, 0.5) is 10.5 Å². The molecule has 0 radical (unpaired) electrons. The Balaban J connectivity index is 2.37. The van der Waals surface area contributed by atoms with E-state index in [2.05, 4.69) is 29.4 Å². The summed E-state index contributed by atoms with van der Waals surface area (Å²) in [5.74, 6) is 0.0118. The largest absolute Gasteiger partial charge is 0.337 e.